The first-order valence-corrected chi connectivity index (χ1v) is 7.55. The molecule has 0 saturated heterocycles. The minimum absolute atomic E-state index is 0.0586. The Balaban J connectivity index is 1.53. The van der Waals surface area contributed by atoms with Crippen LogP contribution in [0.1, 0.15) is 17.4 Å². The summed E-state index contributed by atoms with van der Waals surface area (Å²) in [5.74, 6) is 1.21. The van der Waals surface area contributed by atoms with E-state index in [4.69, 9.17) is 8.83 Å². The number of carbonyl (C=O) groups excluding carboxylic acids is 1. The number of carbonyl (C=O) groups is 1. The molecule has 3 rings (SSSR count). The van der Waals surface area contributed by atoms with E-state index in [0.717, 1.165) is 5.56 Å². The fraction of sp³-hybridized carbons (Fsp3) is 0.105. The number of amides is 1. The molecule has 2 aromatic heterocycles. The van der Waals surface area contributed by atoms with Gasteiger partial charge in [-0.3, -0.25) is 4.79 Å². The summed E-state index contributed by atoms with van der Waals surface area (Å²) in [6.07, 6.45) is 3.76. The Kier molecular flexibility index (Phi) is 4.93. The van der Waals surface area contributed by atoms with Crippen LogP contribution in [-0.4, -0.2) is 17.6 Å². The van der Waals surface area contributed by atoms with Crippen molar-refractivity contribution < 1.29 is 18.7 Å². The number of furan rings is 2. The van der Waals surface area contributed by atoms with Gasteiger partial charge in [0.25, 0.3) is 0 Å². The zero-order chi connectivity index (χ0) is 16.8. The third-order valence-corrected chi connectivity index (χ3v) is 3.42. The summed E-state index contributed by atoms with van der Waals surface area (Å²) in [5, 5.41) is 12.7. The van der Waals surface area contributed by atoms with Crippen molar-refractivity contribution in [2.45, 2.75) is 6.10 Å². The van der Waals surface area contributed by atoms with Crippen LogP contribution in [-0.2, 0) is 4.79 Å². The predicted octanol–water partition coefficient (Wildman–Crippen LogP) is 3.40. The highest BCUT2D eigenvalue weighted by atomic mass is 16.4. The first-order valence-electron chi connectivity index (χ1n) is 7.55. The molecule has 0 saturated carbocycles. The largest absolute Gasteiger partial charge is 0.461 e. The highest BCUT2D eigenvalue weighted by Crippen LogP contribution is 2.25. The van der Waals surface area contributed by atoms with Crippen LogP contribution < -0.4 is 5.32 Å². The second kappa shape index (κ2) is 7.48. The molecule has 0 aliphatic carbocycles. The summed E-state index contributed by atoms with van der Waals surface area (Å²) in [7, 11) is 0. The van der Waals surface area contributed by atoms with E-state index < -0.39 is 6.10 Å². The van der Waals surface area contributed by atoms with Crippen LogP contribution in [0.5, 0.6) is 0 Å². The number of rotatable bonds is 6. The molecule has 0 fully saturated rings. The highest BCUT2D eigenvalue weighted by molar-refractivity contribution is 5.91. The monoisotopic (exact) mass is 323 g/mol. The van der Waals surface area contributed by atoms with Crippen LogP contribution in [0.3, 0.4) is 0 Å². The smallest absolute Gasteiger partial charge is 0.244 e. The van der Waals surface area contributed by atoms with Crippen molar-refractivity contribution in [3.63, 3.8) is 0 Å². The molecule has 5 nitrogen and oxygen atoms in total. The normalized spacial score (nSPS) is 12.4. The second-order valence-electron chi connectivity index (χ2n) is 5.18. The maximum Gasteiger partial charge on any atom is 0.244 e. The SMILES string of the molecule is O=C(/C=C/c1ccccc1)NCC(O)c1ccc(-c2ccco2)o1. The number of aliphatic hydroxyl groups is 1. The molecule has 0 radical (unpaired) electrons. The summed E-state index contributed by atoms with van der Waals surface area (Å²) in [6, 6.07) is 16.4. The highest BCUT2D eigenvalue weighted by Gasteiger charge is 2.14. The average Bonchev–Trinajstić information content (AvgIpc) is 3.29. The van der Waals surface area contributed by atoms with Gasteiger partial charge < -0.3 is 19.3 Å². The van der Waals surface area contributed by atoms with Crippen molar-refractivity contribution in [3.8, 4) is 11.5 Å². The molecule has 1 atom stereocenters. The Labute approximate surface area is 139 Å². The van der Waals surface area contributed by atoms with E-state index in [-0.39, 0.29) is 12.5 Å². The van der Waals surface area contributed by atoms with E-state index in [1.165, 1.54) is 6.08 Å². The minimum Gasteiger partial charge on any atom is -0.461 e. The van der Waals surface area contributed by atoms with Crippen LogP contribution in [0.2, 0.25) is 0 Å². The van der Waals surface area contributed by atoms with Gasteiger partial charge in [-0.15, -0.1) is 0 Å². The van der Waals surface area contributed by atoms with Crippen LogP contribution in [0.25, 0.3) is 17.6 Å². The second-order valence-corrected chi connectivity index (χ2v) is 5.18. The number of hydrogen-bond donors (Lipinski definition) is 2. The summed E-state index contributed by atoms with van der Waals surface area (Å²) in [6.45, 7) is 0.0586. The van der Waals surface area contributed by atoms with Gasteiger partial charge in [-0.25, -0.2) is 0 Å². The summed E-state index contributed by atoms with van der Waals surface area (Å²) in [4.78, 5) is 11.8. The van der Waals surface area contributed by atoms with Crippen molar-refractivity contribution in [1.29, 1.82) is 0 Å². The van der Waals surface area contributed by atoms with Gasteiger partial charge in [0, 0.05) is 6.08 Å². The molecular formula is C19H17NO4. The minimum atomic E-state index is -0.928. The molecule has 2 N–H and O–H groups in total. The molecular weight excluding hydrogens is 306 g/mol. The maximum absolute atomic E-state index is 11.8. The zero-order valence-electron chi connectivity index (χ0n) is 12.9. The third-order valence-electron chi connectivity index (χ3n) is 3.42. The van der Waals surface area contributed by atoms with Gasteiger partial charge in [0.1, 0.15) is 11.9 Å². The van der Waals surface area contributed by atoms with Crippen molar-refractivity contribution in [2.24, 2.45) is 0 Å². The molecule has 0 bridgehead atoms. The lowest BCUT2D eigenvalue weighted by atomic mass is 10.2. The maximum atomic E-state index is 11.8. The van der Waals surface area contributed by atoms with Gasteiger partial charge in [0.2, 0.25) is 5.91 Å². The lowest BCUT2D eigenvalue weighted by molar-refractivity contribution is -0.116. The van der Waals surface area contributed by atoms with Crippen LogP contribution in [0.15, 0.2) is 75.8 Å². The molecule has 2 heterocycles. The lowest BCUT2D eigenvalue weighted by Crippen LogP contribution is -2.26. The van der Waals surface area contributed by atoms with Gasteiger partial charge >= 0.3 is 0 Å². The van der Waals surface area contributed by atoms with Gasteiger partial charge in [-0.05, 0) is 35.9 Å². The molecule has 24 heavy (non-hydrogen) atoms. The Morgan fingerprint density at radius 3 is 2.67 bits per heavy atom. The molecule has 122 valence electrons. The first-order chi connectivity index (χ1) is 11.7. The fourth-order valence-corrected chi connectivity index (χ4v) is 2.18. The van der Waals surface area contributed by atoms with Gasteiger partial charge in [-0.1, -0.05) is 30.3 Å². The fourth-order valence-electron chi connectivity index (χ4n) is 2.18. The van der Waals surface area contributed by atoms with Crippen molar-refractivity contribution in [3.05, 3.63) is 78.3 Å². The number of benzene rings is 1. The molecule has 1 amide bonds. The van der Waals surface area contributed by atoms with Gasteiger partial charge in [0.15, 0.2) is 11.5 Å². The van der Waals surface area contributed by atoms with Gasteiger partial charge in [-0.2, -0.15) is 0 Å². The van der Waals surface area contributed by atoms with E-state index >= 15 is 0 Å². The molecule has 5 heteroatoms. The van der Waals surface area contributed by atoms with Crippen molar-refractivity contribution in [1.82, 2.24) is 5.32 Å². The molecule has 1 unspecified atom stereocenters. The Morgan fingerprint density at radius 1 is 1.08 bits per heavy atom. The quantitative estimate of drug-likeness (QED) is 0.682. The standard InChI is InChI=1S/C19H17NO4/c21-15(16-9-10-18(24-16)17-7-4-12-23-17)13-20-19(22)11-8-14-5-2-1-3-6-14/h1-12,15,21H,13H2,(H,20,22)/b11-8+. The topological polar surface area (TPSA) is 75.6 Å². The van der Waals surface area contributed by atoms with Gasteiger partial charge in [0.05, 0.1) is 12.8 Å². The Hall–Kier alpha value is -3.05. The number of hydrogen-bond acceptors (Lipinski definition) is 4. The molecule has 0 spiro atoms. The molecule has 0 aliphatic rings. The van der Waals surface area contributed by atoms with Crippen LogP contribution in [0, 0.1) is 0 Å². The molecule has 1 aromatic carbocycles. The third kappa shape index (κ3) is 4.02. The van der Waals surface area contributed by atoms with Crippen molar-refractivity contribution >= 4 is 12.0 Å². The number of aliphatic hydroxyl groups excluding tert-OH is 1. The lowest BCUT2D eigenvalue weighted by Gasteiger charge is -2.08. The van der Waals surface area contributed by atoms with E-state index in [0.29, 0.717) is 17.3 Å². The molecule has 3 aromatic rings. The van der Waals surface area contributed by atoms with Crippen molar-refractivity contribution in [2.75, 3.05) is 6.54 Å². The summed E-state index contributed by atoms with van der Waals surface area (Å²) in [5.41, 5.74) is 0.933. The average molecular weight is 323 g/mol. The Bertz CT molecular complexity index is 803. The summed E-state index contributed by atoms with van der Waals surface area (Å²) < 4.78 is 10.8. The van der Waals surface area contributed by atoms with E-state index in [2.05, 4.69) is 5.32 Å². The van der Waals surface area contributed by atoms with E-state index in [1.807, 2.05) is 30.3 Å². The first kappa shape index (κ1) is 15.8. The van der Waals surface area contributed by atoms with Crippen LogP contribution >= 0.6 is 0 Å². The van der Waals surface area contributed by atoms with Crippen LogP contribution in [0.4, 0.5) is 0 Å². The number of nitrogens with one attached hydrogen (secondary N) is 1. The summed E-state index contributed by atoms with van der Waals surface area (Å²) >= 11 is 0. The Morgan fingerprint density at radius 2 is 1.92 bits per heavy atom. The van der Waals surface area contributed by atoms with E-state index in [9.17, 15) is 9.90 Å². The zero-order valence-corrected chi connectivity index (χ0v) is 12.9. The predicted molar refractivity (Wildman–Crippen MR) is 89.9 cm³/mol. The molecule has 0 aliphatic heterocycles. The van der Waals surface area contributed by atoms with E-state index in [1.54, 1.807) is 36.6 Å².